The summed E-state index contributed by atoms with van der Waals surface area (Å²) in [6.45, 7) is 6.51. The van der Waals surface area contributed by atoms with Gasteiger partial charge in [0.25, 0.3) is 5.91 Å². The maximum absolute atomic E-state index is 13.0. The lowest BCUT2D eigenvalue weighted by Gasteiger charge is -2.30. The van der Waals surface area contributed by atoms with Crippen LogP contribution in [0, 0.1) is 5.82 Å². The first-order valence-corrected chi connectivity index (χ1v) is 9.19. The molecule has 1 aliphatic rings. The van der Waals surface area contributed by atoms with Crippen molar-refractivity contribution in [2.24, 2.45) is 7.05 Å². The van der Waals surface area contributed by atoms with Crippen LogP contribution in [0.25, 0.3) is 0 Å². The first kappa shape index (κ1) is 19.9. The van der Waals surface area contributed by atoms with E-state index in [1.807, 2.05) is 20.8 Å². The summed E-state index contributed by atoms with van der Waals surface area (Å²) in [7, 11) is 1.79. The molecule has 0 radical (unpaired) electrons. The van der Waals surface area contributed by atoms with Gasteiger partial charge in [-0.15, -0.1) is 0 Å². The topological polar surface area (TPSA) is 76.5 Å². The molecule has 2 aromatic rings. The Morgan fingerprint density at radius 2 is 1.93 bits per heavy atom. The molecule has 7 nitrogen and oxygen atoms in total. The molecule has 0 saturated carbocycles. The molecule has 0 fully saturated rings. The van der Waals surface area contributed by atoms with Crippen LogP contribution in [0.3, 0.4) is 0 Å². The second-order valence-corrected chi connectivity index (χ2v) is 7.86. The number of ether oxygens (including phenoxy) is 1. The lowest BCUT2D eigenvalue weighted by atomic mass is 10.0. The molecule has 1 N–H and O–H groups in total. The van der Waals surface area contributed by atoms with Crippen molar-refractivity contribution in [1.82, 2.24) is 20.0 Å². The number of nitrogens with one attached hydrogen (secondary N) is 1. The molecule has 0 aliphatic carbocycles. The van der Waals surface area contributed by atoms with Crippen molar-refractivity contribution >= 4 is 12.0 Å². The van der Waals surface area contributed by atoms with E-state index in [1.165, 1.54) is 12.1 Å². The molecule has 28 heavy (non-hydrogen) atoms. The van der Waals surface area contributed by atoms with Crippen LogP contribution < -0.4 is 5.32 Å². The maximum atomic E-state index is 13.0. The number of fused-ring (bicyclic) bond motifs is 1. The van der Waals surface area contributed by atoms with Crippen molar-refractivity contribution < 1.29 is 18.7 Å². The van der Waals surface area contributed by atoms with Crippen LogP contribution in [-0.2, 0) is 31.3 Å². The van der Waals surface area contributed by atoms with Gasteiger partial charge >= 0.3 is 6.09 Å². The summed E-state index contributed by atoms with van der Waals surface area (Å²) < 4.78 is 20.1. The van der Waals surface area contributed by atoms with Gasteiger partial charge in [0, 0.05) is 37.8 Å². The number of hydrogen-bond acceptors (Lipinski definition) is 4. The number of aryl methyl sites for hydroxylation is 1. The van der Waals surface area contributed by atoms with Crippen molar-refractivity contribution in [3.63, 3.8) is 0 Å². The normalized spacial score (nSPS) is 13.8. The molecule has 2 amide bonds. The molecule has 8 heteroatoms. The Kier molecular flexibility index (Phi) is 5.40. The average molecular weight is 388 g/mol. The lowest BCUT2D eigenvalue weighted by Crippen LogP contribution is -2.40. The van der Waals surface area contributed by atoms with Crippen molar-refractivity contribution in [3.05, 3.63) is 52.6 Å². The Labute approximate surface area is 163 Å². The second-order valence-electron chi connectivity index (χ2n) is 7.86. The van der Waals surface area contributed by atoms with Gasteiger partial charge in [0.15, 0.2) is 5.69 Å². The summed E-state index contributed by atoms with van der Waals surface area (Å²) in [6, 6.07) is 5.94. The van der Waals surface area contributed by atoms with Gasteiger partial charge in [-0.3, -0.25) is 9.48 Å². The van der Waals surface area contributed by atoms with Gasteiger partial charge in [0.05, 0.1) is 6.54 Å². The van der Waals surface area contributed by atoms with Gasteiger partial charge < -0.3 is 15.0 Å². The highest BCUT2D eigenvalue weighted by molar-refractivity contribution is 5.94. The zero-order chi connectivity index (χ0) is 20.5. The molecule has 0 saturated heterocycles. The minimum absolute atomic E-state index is 0.264. The Hall–Kier alpha value is -2.90. The Bertz CT molecular complexity index is 884. The summed E-state index contributed by atoms with van der Waals surface area (Å²) in [4.78, 5) is 26.7. The zero-order valence-corrected chi connectivity index (χ0v) is 16.6. The highest BCUT2D eigenvalue weighted by atomic mass is 19.1. The van der Waals surface area contributed by atoms with Crippen LogP contribution in [0.5, 0.6) is 0 Å². The van der Waals surface area contributed by atoms with Crippen LogP contribution in [0.4, 0.5) is 9.18 Å². The van der Waals surface area contributed by atoms with Crippen molar-refractivity contribution in [3.8, 4) is 0 Å². The van der Waals surface area contributed by atoms with Gasteiger partial charge in [-0.1, -0.05) is 12.1 Å². The number of halogens is 1. The van der Waals surface area contributed by atoms with E-state index in [1.54, 1.807) is 28.8 Å². The highest BCUT2D eigenvalue weighted by Crippen LogP contribution is 2.24. The predicted molar refractivity (Wildman–Crippen MR) is 101 cm³/mol. The van der Waals surface area contributed by atoms with Crippen LogP contribution >= 0.6 is 0 Å². The second kappa shape index (κ2) is 7.61. The van der Waals surface area contributed by atoms with Crippen LogP contribution in [0.1, 0.15) is 48.1 Å². The van der Waals surface area contributed by atoms with Gasteiger partial charge in [-0.2, -0.15) is 5.10 Å². The maximum Gasteiger partial charge on any atom is 0.410 e. The third-order valence-corrected chi connectivity index (χ3v) is 4.48. The first-order valence-electron chi connectivity index (χ1n) is 9.19. The molecule has 3 rings (SSSR count). The Morgan fingerprint density at radius 1 is 1.25 bits per heavy atom. The van der Waals surface area contributed by atoms with E-state index in [0.29, 0.717) is 18.7 Å². The molecule has 2 heterocycles. The summed E-state index contributed by atoms with van der Waals surface area (Å²) in [5, 5.41) is 7.16. The number of amides is 2. The quantitative estimate of drug-likeness (QED) is 0.877. The average Bonchev–Trinajstić information content (AvgIpc) is 2.96. The molecule has 0 unspecified atom stereocenters. The predicted octanol–water partition coefficient (Wildman–Crippen LogP) is 2.78. The van der Waals surface area contributed by atoms with Gasteiger partial charge in [-0.25, -0.2) is 9.18 Å². The van der Waals surface area contributed by atoms with Crippen molar-refractivity contribution in [1.29, 1.82) is 0 Å². The van der Waals surface area contributed by atoms with E-state index in [2.05, 4.69) is 10.4 Å². The zero-order valence-electron chi connectivity index (χ0n) is 16.6. The molecular formula is C20H25FN4O3. The molecule has 0 spiro atoms. The SMILES string of the molecule is Cn1nc(C(=O)NCc2ccc(F)cc2)c2c1CCN(C(=O)OC(C)(C)C)C2. The lowest BCUT2D eigenvalue weighted by molar-refractivity contribution is 0.0221. The van der Waals surface area contributed by atoms with E-state index in [0.717, 1.165) is 16.8 Å². The Morgan fingerprint density at radius 3 is 2.57 bits per heavy atom. The van der Waals surface area contributed by atoms with E-state index >= 15 is 0 Å². The number of benzene rings is 1. The minimum Gasteiger partial charge on any atom is -0.444 e. The fourth-order valence-corrected chi connectivity index (χ4v) is 3.13. The van der Waals surface area contributed by atoms with Gasteiger partial charge in [-0.05, 0) is 38.5 Å². The summed E-state index contributed by atoms with van der Waals surface area (Å²) in [5.74, 6) is -0.650. The fraction of sp³-hybridized carbons (Fsp3) is 0.450. The summed E-state index contributed by atoms with van der Waals surface area (Å²) in [6.07, 6.45) is 0.197. The highest BCUT2D eigenvalue weighted by Gasteiger charge is 2.31. The number of aromatic nitrogens is 2. The molecule has 1 aromatic heterocycles. The number of carbonyl (C=O) groups is 2. The van der Waals surface area contributed by atoms with E-state index < -0.39 is 11.7 Å². The van der Waals surface area contributed by atoms with Gasteiger partial charge in [0.1, 0.15) is 11.4 Å². The van der Waals surface area contributed by atoms with Crippen molar-refractivity contribution in [2.45, 2.75) is 45.9 Å². The summed E-state index contributed by atoms with van der Waals surface area (Å²) >= 11 is 0. The summed E-state index contributed by atoms with van der Waals surface area (Å²) in [5.41, 5.74) is 2.17. The largest absolute Gasteiger partial charge is 0.444 e. The number of nitrogens with zero attached hydrogens (tertiary/aromatic N) is 3. The molecule has 150 valence electrons. The minimum atomic E-state index is -0.582. The standard InChI is InChI=1S/C20H25FN4O3/c1-20(2,3)28-19(27)25-10-9-16-15(12-25)17(23-24(16)4)18(26)22-11-13-5-7-14(21)8-6-13/h5-8H,9-12H2,1-4H3,(H,22,26). The third kappa shape index (κ3) is 4.49. The fourth-order valence-electron chi connectivity index (χ4n) is 3.13. The molecular weight excluding hydrogens is 363 g/mol. The third-order valence-electron chi connectivity index (χ3n) is 4.48. The number of hydrogen-bond donors (Lipinski definition) is 1. The number of rotatable bonds is 3. The van der Waals surface area contributed by atoms with Crippen molar-refractivity contribution in [2.75, 3.05) is 6.54 Å². The van der Waals surface area contributed by atoms with Crippen LogP contribution in [-0.4, -0.2) is 38.8 Å². The van der Waals surface area contributed by atoms with Crippen LogP contribution in [0.15, 0.2) is 24.3 Å². The van der Waals surface area contributed by atoms with Crippen LogP contribution in [0.2, 0.25) is 0 Å². The monoisotopic (exact) mass is 388 g/mol. The molecule has 1 aliphatic heterocycles. The smallest absolute Gasteiger partial charge is 0.410 e. The molecule has 1 aromatic carbocycles. The van der Waals surface area contributed by atoms with Gasteiger partial charge in [0.2, 0.25) is 0 Å². The molecule has 0 bridgehead atoms. The van der Waals surface area contributed by atoms with E-state index in [9.17, 15) is 14.0 Å². The van der Waals surface area contributed by atoms with E-state index in [4.69, 9.17) is 4.74 Å². The van der Waals surface area contributed by atoms with E-state index in [-0.39, 0.29) is 24.8 Å². The molecule has 0 atom stereocenters. The first-order chi connectivity index (χ1) is 13.1. The Balaban J connectivity index is 1.72. The number of carbonyl (C=O) groups excluding carboxylic acids is 2.